The highest BCUT2D eigenvalue weighted by Crippen LogP contribution is 2.13. The molecule has 14 heavy (non-hydrogen) atoms. The molecule has 3 heteroatoms. The van der Waals surface area contributed by atoms with Gasteiger partial charge in [0.2, 0.25) is 0 Å². The number of halogens is 1. The molecule has 0 aliphatic rings. The summed E-state index contributed by atoms with van der Waals surface area (Å²) in [5, 5.41) is 0.329. The van der Waals surface area contributed by atoms with Gasteiger partial charge in [0, 0.05) is 11.8 Å². The van der Waals surface area contributed by atoms with Gasteiger partial charge in [-0.1, -0.05) is 26.2 Å². The van der Waals surface area contributed by atoms with Crippen LogP contribution in [0.2, 0.25) is 0 Å². The fourth-order valence-corrected chi connectivity index (χ4v) is 1.45. The van der Waals surface area contributed by atoms with Crippen molar-refractivity contribution < 1.29 is 9.53 Å². The summed E-state index contributed by atoms with van der Waals surface area (Å²) >= 11 is 5.98. The van der Waals surface area contributed by atoms with Crippen LogP contribution in [-0.2, 0) is 9.53 Å². The summed E-state index contributed by atoms with van der Waals surface area (Å²) in [5.74, 6) is -0.103. The molecular weight excluding hydrogens is 200 g/mol. The second kappa shape index (κ2) is 9.32. The maximum Gasteiger partial charge on any atom is 0.305 e. The number of ether oxygens (including phenoxy) is 1. The minimum absolute atomic E-state index is 0.103. The zero-order chi connectivity index (χ0) is 10.8. The molecule has 0 aliphatic carbocycles. The van der Waals surface area contributed by atoms with E-state index >= 15 is 0 Å². The highest BCUT2D eigenvalue weighted by atomic mass is 35.5. The van der Waals surface area contributed by atoms with Crippen molar-refractivity contribution in [3.8, 4) is 0 Å². The lowest BCUT2D eigenvalue weighted by Crippen LogP contribution is -1.99. The molecule has 0 fully saturated rings. The van der Waals surface area contributed by atoms with Gasteiger partial charge in [-0.2, -0.15) is 0 Å². The molecule has 2 nitrogen and oxygen atoms in total. The molecule has 0 heterocycles. The lowest BCUT2D eigenvalue weighted by molar-refractivity contribution is -0.140. The molecule has 0 saturated heterocycles. The van der Waals surface area contributed by atoms with E-state index in [4.69, 9.17) is 11.6 Å². The Bertz CT molecular complexity index is 148. The van der Waals surface area contributed by atoms with E-state index in [9.17, 15) is 4.79 Å². The highest BCUT2D eigenvalue weighted by Gasteiger charge is 2.01. The summed E-state index contributed by atoms with van der Waals surface area (Å²) in [6.07, 6.45) is 7.06. The van der Waals surface area contributed by atoms with E-state index in [0.717, 1.165) is 25.7 Å². The third kappa shape index (κ3) is 8.36. The number of unbranched alkanes of at least 4 members (excludes halogenated alkanes) is 3. The van der Waals surface area contributed by atoms with Gasteiger partial charge in [0.1, 0.15) is 0 Å². The van der Waals surface area contributed by atoms with E-state index in [2.05, 4.69) is 11.7 Å². The molecule has 0 saturated carbocycles. The van der Waals surface area contributed by atoms with Gasteiger partial charge in [-0.3, -0.25) is 4.79 Å². The van der Waals surface area contributed by atoms with E-state index in [1.54, 1.807) is 0 Å². The summed E-state index contributed by atoms with van der Waals surface area (Å²) in [5.41, 5.74) is 0. The van der Waals surface area contributed by atoms with Crippen molar-refractivity contribution in [2.24, 2.45) is 0 Å². The smallest absolute Gasteiger partial charge is 0.305 e. The Kier molecular flexibility index (Phi) is 9.16. The summed E-state index contributed by atoms with van der Waals surface area (Å²) in [6, 6.07) is 0. The molecule has 0 N–H and O–H groups in total. The SMILES string of the molecule is CCC(Cl)CCCCCCC(=O)OC. The normalized spacial score (nSPS) is 12.5. The molecule has 0 aromatic carbocycles. The number of alkyl halides is 1. The number of rotatable bonds is 8. The largest absolute Gasteiger partial charge is 0.469 e. The predicted molar refractivity (Wildman–Crippen MR) is 59.7 cm³/mol. The molecule has 0 aromatic rings. The van der Waals surface area contributed by atoms with Crippen LogP contribution in [0.15, 0.2) is 0 Å². The number of carbonyl (C=O) groups excluding carboxylic acids is 1. The number of hydrogen-bond donors (Lipinski definition) is 0. The fraction of sp³-hybridized carbons (Fsp3) is 0.909. The number of carbonyl (C=O) groups is 1. The molecule has 0 amide bonds. The summed E-state index contributed by atoms with van der Waals surface area (Å²) in [6.45, 7) is 2.11. The first-order chi connectivity index (χ1) is 6.70. The summed E-state index contributed by atoms with van der Waals surface area (Å²) in [4.78, 5) is 10.8. The van der Waals surface area contributed by atoms with Gasteiger partial charge in [-0.05, 0) is 19.3 Å². The fourth-order valence-electron chi connectivity index (χ4n) is 1.29. The van der Waals surface area contributed by atoms with Crippen LogP contribution in [0, 0.1) is 0 Å². The van der Waals surface area contributed by atoms with E-state index < -0.39 is 0 Å². The summed E-state index contributed by atoms with van der Waals surface area (Å²) in [7, 11) is 1.43. The zero-order valence-corrected chi connectivity index (χ0v) is 9.98. The minimum atomic E-state index is -0.103. The van der Waals surface area contributed by atoms with Crippen LogP contribution in [0.1, 0.15) is 51.9 Å². The molecule has 84 valence electrons. The van der Waals surface area contributed by atoms with Crippen LogP contribution in [0.25, 0.3) is 0 Å². The monoisotopic (exact) mass is 220 g/mol. The molecule has 0 bridgehead atoms. The van der Waals surface area contributed by atoms with E-state index in [-0.39, 0.29) is 5.97 Å². The Balaban J connectivity index is 3.10. The molecule has 0 radical (unpaired) electrons. The average Bonchev–Trinajstić information content (AvgIpc) is 2.22. The van der Waals surface area contributed by atoms with Gasteiger partial charge in [0.05, 0.1) is 7.11 Å². The number of methoxy groups -OCH3 is 1. The third-order valence-electron chi connectivity index (χ3n) is 2.32. The molecular formula is C11H21ClO2. The van der Waals surface area contributed by atoms with Gasteiger partial charge in [0.25, 0.3) is 0 Å². The first-order valence-electron chi connectivity index (χ1n) is 5.41. The Morgan fingerprint density at radius 3 is 2.50 bits per heavy atom. The van der Waals surface area contributed by atoms with Crippen molar-refractivity contribution in [1.29, 1.82) is 0 Å². The Labute approximate surface area is 92.0 Å². The Morgan fingerprint density at radius 2 is 1.93 bits per heavy atom. The van der Waals surface area contributed by atoms with Crippen LogP contribution in [-0.4, -0.2) is 18.5 Å². The van der Waals surface area contributed by atoms with Gasteiger partial charge in [0.15, 0.2) is 0 Å². The Hall–Kier alpha value is -0.240. The van der Waals surface area contributed by atoms with E-state index in [1.165, 1.54) is 20.0 Å². The molecule has 0 rings (SSSR count). The van der Waals surface area contributed by atoms with Gasteiger partial charge in [-0.25, -0.2) is 0 Å². The predicted octanol–water partition coefficient (Wildman–Crippen LogP) is 3.52. The van der Waals surface area contributed by atoms with Crippen LogP contribution >= 0.6 is 11.6 Å². The van der Waals surface area contributed by atoms with Crippen LogP contribution in [0.3, 0.4) is 0 Å². The average molecular weight is 221 g/mol. The first-order valence-corrected chi connectivity index (χ1v) is 5.85. The second-order valence-corrected chi connectivity index (χ2v) is 4.15. The van der Waals surface area contributed by atoms with Crippen LogP contribution < -0.4 is 0 Å². The number of hydrogen-bond acceptors (Lipinski definition) is 2. The molecule has 0 aliphatic heterocycles. The minimum Gasteiger partial charge on any atom is -0.469 e. The standard InChI is InChI=1S/C11H21ClO2/c1-3-10(12)8-6-4-5-7-9-11(13)14-2/h10H,3-9H2,1-2H3. The zero-order valence-electron chi connectivity index (χ0n) is 9.22. The van der Waals surface area contributed by atoms with Crippen molar-refractivity contribution in [2.75, 3.05) is 7.11 Å². The first kappa shape index (κ1) is 13.8. The maximum atomic E-state index is 10.8. The van der Waals surface area contributed by atoms with Crippen molar-refractivity contribution in [2.45, 2.75) is 57.2 Å². The lowest BCUT2D eigenvalue weighted by Gasteiger charge is -2.05. The quantitative estimate of drug-likeness (QED) is 0.356. The van der Waals surface area contributed by atoms with Crippen molar-refractivity contribution in [1.82, 2.24) is 0 Å². The lowest BCUT2D eigenvalue weighted by atomic mass is 10.1. The van der Waals surface area contributed by atoms with Crippen molar-refractivity contribution in [3.63, 3.8) is 0 Å². The van der Waals surface area contributed by atoms with E-state index in [0.29, 0.717) is 11.8 Å². The summed E-state index contributed by atoms with van der Waals surface area (Å²) < 4.78 is 4.55. The van der Waals surface area contributed by atoms with Crippen molar-refractivity contribution in [3.05, 3.63) is 0 Å². The molecule has 1 unspecified atom stereocenters. The second-order valence-electron chi connectivity index (χ2n) is 3.53. The highest BCUT2D eigenvalue weighted by molar-refractivity contribution is 6.20. The van der Waals surface area contributed by atoms with E-state index in [1.807, 2.05) is 0 Å². The van der Waals surface area contributed by atoms with Gasteiger partial charge < -0.3 is 4.74 Å². The van der Waals surface area contributed by atoms with Gasteiger partial charge in [-0.15, -0.1) is 11.6 Å². The van der Waals surface area contributed by atoms with Crippen LogP contribution in [0.5, 0.6) is 0 Å². The molecule has 1 atom stereocenters. The maximum absolute atomic E-state index is 10.8. The molecule has 0 aromatic heterocycles. The number of esters is 1. The topological polar surface area (TPSA) is 26.3 Å². The third-order valence-corrected chi connectivity index (χ3v) is 2.85. The Morgan fingerprint density at radius 1 is 1.29 bits per heavy atom. The molecule has 0 spiro atoms. The van der Waals surface area contributed by atoms with Gasteiger partial charge >= 0.3 is 5.97 Å². The van der Waals surface area contributed by atoms with Crippen molar-refractivity contribution >= 4 is 17.6 Å². The van der Waals surface area contributed by atoms with Crippen LogP contribution in [0.4, 0.5) is 0 Å².